The highest BCUT2D eigenvalue weighted by Crippen LogP contribution is 2.26. The summed E-state index contributed by atoms with van der Waals surface area (Å²) >= 11 is 0. The van der Waals surface area contributed by atoms with Crippen LogP contribution in [0.4, 0.5) is 0 Å². The van der Waals surface area contributed by atoms with Gasteiger partial charge in [-0.2, -0.15) is 0 Å². The number of carbonyl (C=O) groups excluding carboxylic acids is 1. The molecule has 2 rings (SSSR count). The van der Waals surface area contributed by atoms with Crippen LogP contribution in [0.2, 0.25) is 0 Å². The third-order valence-electron chi connectivity index (χ3n) is 3.31. The van der Waals surface area contributed by atoms with E-state index in [0.29, 0.717) is 32.8 Å². The fourth-order valence-corrected chi connectivity index (χ4v) is 2.30. The van der Waals surface area contributed by atoms with E-state index in [4.69, 9.17) is 13.9 Å². The molecule has 0 aromatic carbocycles. The van der Waals surface area contributed by atoms with Crippen molar-refractivity contribution < 1.29 is 18.7 Å². The molecule has 0 N–H and O–H groups in total. The second kappa shape index (κ2) is 6.90. The topological polar surface area (TPSA) is 51.9 Å². The summed E-state index contributed by atoms with van der Waals surface area (Å²) in [5, 5.41) is 0. The molecule has 1 aliphatic rings. The Kier molecular flexibility index (Phi) is 5.20. The van der Waals surface area contributed by atoms with Crippen LogP contribution < -0.4 is 0 Å². The van der Waals surface area contributed by atoms with Crippen molar-refractivity contribution in [1.29, 1.82) is 0 Å². The van der Waals surface area contributed by atoms with Gasteiger partial charge in [-0.15, -0.1) is 0 Å². The van der Waals surface area contributed by atoms with Crippen LogP contribution in [-0.4, -0.2) is 43.3 Å². The van der Waals surface area contributed by atoms with Gasteiger partial charge >= 0.3 is 0 Å². The predicted octanol–water partition coefficient (Wildman–Crippen LogP) is 2.30. The predicted molar refractivity (Wildman–Crippen MR) is 74.4 cm³/mol. The third kappa shape index (κ3) is 3.84. The number of nitrogens with zero attached hydrogens (tertiary/aromatic N) is 1. The Hall–Kier alpha value is -1.33. The third-order valence-corrected chi connectivity index (χ3v) is 3.31. The van der Waals surface area contributed by atoms with Gasteiger partial charge in [-0.25, -0.2) is 0 Å². The van der Waals surface area contributed by atoms with Gasteiger partial charge in [0.2, 0.25) is 5.91 Å². The van der Waals surface area contributed by atoms with E-state index in [2.05, 4.69) is 0 Å². The molecule has 1 unspecified atom stereocenters. The molecule has 0 bridgehead atoms. The number of amides is 1. The Labute approximate surface area is 119 Å². The van der Waals surface area contributed by atoms with Crippen LogP contribution in [0.3, 0.4) is 0 Å². The molecule has 1 aliphatic heterocycles. The maximum atomic E-state index is 12.3. The van der Waals surface area contributed by atoms with Gasteiger partial charge in [-0.05, 0) is 32.9 Å². The highest BCUT2D eigenvalue weighted by atomic mass is 16.5. The van der Waals surface area contributed by atoms with E-state index in [0.717, 1.165) is 11.5 Å². The molecular formula is C15H23NO4. The Morgan fingerprint density at radius 2 is 2.30 bits per heavy atom. The molecule has 5 nitrogen and oxygen atoms in total. The van der Waals surface area contributed by atoms with E-state index in [1.54, 1.807) is 0 Å². The van der Waals surface area contributed by atoms with Crippen LogP contribution in [0.15, 0.2) is 16.5 Å². The number of ether oxygens (including phenoxy) is 2. The Morgan fingerprint density at radius 1 is 1.50 bits per heavy atom. The summed E-state index contributed by atoms with van der Waals surface area (Å²) < 4.78 is 16.6. The van der Waals surface area contributed by atoms with Gasteiger partial charge in [0.15, 0.2) is 0 Å². The zero-order valence-electron chi connectivity index (χ0n) is 12.4. The standard InChI is InChI=1S/C15H23NO4/c1-11(2)19-8-6-15(17)16-7-9-18-10-13(16)14-5-4-12(3)20-14/h4-5,11,13H,6-10H2,1-3H3. The summed E-state index contributed by atoms with van der Waals surface area (Å²) in [7, 11) is 0. The molecular weight excluding hydrogens is 258 g/mol. The fourth-order valence-electron chi connectivity index (χ4n) is 2.30. The van der Waals surface area contributed by atoms with Gasteiger partial charge in [-0.1, -0.05) is 0 Å². The van der Waals surface area contributed by atoms with Gasteiger partial charge in [-0.3, -0.25) is 4.79 Å². The second-order valence-electron chi connectivity index (χ2n) is 5.30. The van der Waals surface area contributed by atoms with Crippen molar-refractivity contribution in [3.8, 4) is 0 Å². The Morgan fingerprint density at radius 3 is 2.95 bits per heavy atom. The molecule has 5 heteroatoms. The number of hydrogen-bond donors (Lipinski definition) is 0. The molecule has 0 aliphatic carbocycles. The number of furan rings is 1. The Balaban J connectivity index is 1.97. The molecule has 20 heavy (non-hydrogen) atoms. The normalized spacial score (nSPS) is 19.6. The highest BCUT2D eigenvalue weighted by molar-refractivity contribution is 5.76. The monoisotopic (exact) mass is 281 g/mol. The van der Waals surface area contributed by atoms with Gasteiger partial charge in [0.05, 0.1) is 32.3 Å². The summed E-state index contributed by atoms with van der Waals surface area (Å²) in [5.74, 6) is 1.73. The highest BCUT2D eigenvalue weighted by Gasteiger charge is 2.30. The molecule has 1 fully saturated rings. The van der Waals surface area contributed by atoms with E-state index in [-0.39, 0.29) is 18.1 Å². The van der Waals surface area contributed by atoms with E-state index in [1.165, 1.54) is 0 Å². The first-order valence-electron chi connectivity index (χ1n) is 7.13. The number of carbonyl (C=O) groups is 1. The lowest BCUT2D eigenvalue weighted by molar-refractivity contribution is -0.142. The molecule has 1 atom stereocenters. The average Bonchev–Trinajstić information content (AvgIpc) is 2.85. The largest absolute Gasteiger partial charge is 0.464 e. The minimum absolute atomic E-state index is 0.0907. The first-order valence-corrected chi connectivity index (χ1v) is 7.13. The fraction of sp³-hybridized carbons (Fsp3) is 0.667. The number of morpholine rings is 1. The molecule has 1 aromatic heterocycles. The first kappa shape index (κ1) is 15.1. The van der Waals surface area contributed by atoms with Crippen LogP contribution >= 0.6 is 0 Å². The molecule has 0 saturated carbocycles. The van der Waals surface area contributed by atoms with Gasteiger partial charge in [0.1, 0.15) is 17.6 Å². The van der Waals surface area contributed by atoms with E-state index in [9.17, 15) is 4.79 Å². The molecule has 2 heterocycles. The second-order valence-corrected chi connectivity index (χ2v) is 5.30. The zero-order chi connectivity index (χ0) is 14.5. The molecule has 1 saturated heterocycles. The van der Waals surface area contributed by atoms with Gasteiger partial charge in [0, 0.05) is 6.54 Å². The molecule has 0 radical (unpaired) electrons. The van der Waals surface area contributed by atoms with Crippen LogP contribution in [0, 0.1) is 6.92 Å². The zero-order valence-corrected chi connectivity index (χ0v) is 12.4. The van der Waals surface area contributed by atoms with Gasteiger partial charge in [0.25, 0.3) is 0 Å². The van der Waals surface area contributed by atoms with Crippen molar-refractivity contribution in [3.05, 3.63) is 23.7 Å². The molecule has 1 amide bonds. The number of rotatable bonds is 5. The summed E-state index contributed by atoms with van der Waals surface area (Å²) in [6.07, 6.45) is 0.546. The first-order chi connectivity index (χ1) is 9.58. The lowest BCUT2D eigenvalue weighted by Gasteiger charge is -2.34. The van der Waals surface area contributed by atoms with Crippen molar-refractivity contribution in [2.75, 3.05) is 26.4 Å². The van der Waals surface area contributed by atoms with Crippen LogP contribution in [-0.2, 0) is 14.3 Å². The average molecular weight is 281 g/mol. The van der Waals surface area contributed by atoms with E-state index >= 15 is 0 Å². The quantitative estimate of drug-likeness (QED) is 0.831. The van der Waals surface area contributed by atoms with Crippen molar-refractivity contribution in [2.45, 2.75) is 39.3 Å². The smallest absolute Gasteiger partial charge is 0.225 e. The van der Waals surface area contributed by atoms with Crippen LogP contribution in [0.25, 0.3) is 0 Å². The summed E-state index contributed by atoms with van der Waals surface area (Å²) in [6.45, 7) is 7.95. The molecule has 112 valence electrons. The van der Waals surface area contributed by atoms with E-state index in [1.807, 2.05) is 37.8 Å². The SMILES string of the molecule is Cc1ccc(C2COCCN2C(=O)CCOC(C)C)o1. The van der Waals surface area contributed by atoms with Crippen LogP contribution in [0.1, 0.15) is 37.8 Å². The minimum Gasteiger partial charge on any atom is -0.464 e. The van der Waals surface area contributed by atoms with Gasteiger partial charge < -0.3 is 18.8 Å². The lowest BCUT2D eigenvalue weighted by atomic mass is 10.1. The summed E-state index contributed by atoms with van der Waals surface area (Å²) in [4.78, 5) is 14.2. The van der Waals surface area contributed by atoms with E-state index < -0.39 is 0 Å². The number of aryl methyl sites for hydroxylation is 1. The van der Waals surface area contributed by atoms with Crippen molar-refractivity contribution >= 4 is 5.91 Å². The van der Waals surface area contributed by atoms with Crippen molar-refractivity contribution in [1.82, 2.24) is 4.90 Å². The van der Waals surface area contributed by atoms with Crippen molar-refractivity contribution in [2.24, 2.45) is 0 Å². The molecule has 1 aromatic rings. The summed E-state index contributed by atoms with van der Waals surface area (Å²) in [6, 6.07) is 3.71. The van der Waals surface area contributed by atoms with Crippen LogP contribution in [0.5, 0.6) is 0 Å². The lowest BCUT2D eigenvalue weighted by Crippen LogP contribution is -2.43. The Bertz CT molecular complexity index is 441. The molecule has 0 spiro atoms. The summed E-state index contributed by atoms with van der Waals surface area (Å²) in [5.41, 5.74) is 0. The van der Waals surface area contributed by atoms with Crippen molar-refractivity contribution in [3.63, 3.8) is 0 Å². The maximum absolute atomic E-state index is 12.3. The number of hydrogen-bond acceptors (Lipinski definition) is 4. The minimum atomic E-state index is -0.121. The maximum Gasteiger partial charge on any atom is 0.225 e.